The molecule has 2 rings (SSSR count). The number of rotatable bonds is 2. The average Bonchev–Trinajstić information content (AvgIpc) is 2.32. The van der Waals surface area contributed by atoms with Crippen LogP contribution in [0.4, 0.5) is 0 Å². The van der Waals surface area contributed by atoms with E-state index in [1.807, 2.05) is 0 Å². The molecule has 3 nitrogen and oxygen atoms in total. The monoisotopic (exact) mass is 267 g/mol. The van der Waals surface area contributed by atoms with E-state index < -0.39 is 5.97 Å². The van der Waals surface area contributed by atoms with E-state index in [0.717, 1.165) is 0 Å². The molecule has 5 heteroatoms. The van der Waals surface area contributed by atoms with Gasteiger partial charge in [0.15, 0.2) is 0 Å². The van der Waals surface area contributed by atoms with Gasteiger partial charge in [-0.25, -0.2) is 4.79 Å². The number of pyridine rings is 1. The van der Waals surface area contributed by atoms with E-state index in [1.165, 1.54) is 12.4 Å². The lowest BCUT2D eigenvalue weighted by Gasteiger charge is -2.07. The molecule has 2 aromatic rings. The van der Waals surface area contributed by atoms with E-state index >= 15 is 0 Å². The largest absolute Gasteiger partial charge is 0.478 e. The van der Waals surface area contributed by atoms with E-state index in [9.17, 15) is 4.79 Å². The van der Waals surface area contributed by atoms with Gasteiger partial charge in [-0.05, 0) is 24.3 Å². The predicted octanol–water partition coefficient (Wildman–Crippen LogP) is 3.75. The second kappa shape index (κ2) is 4.73. The van der Waals surface area contributed by atoms with Gasteiger partial charge < -0.3 is 5.11 Å². The number of halogens is 2. The Balaban J connectivity index is 2.68. The molecular weight excluding hydrogens is 261 g/mol. The molecule has 0 unspecified atom stereocenters. The Kier molecular flexibility index (Phi) is 3.31. The Labute approximate surface area is 108 Å². The molecule has 1 aromatic heterocycles. The van der Waals surface area contributed by atoms with Gasteiger partial charge in [-0.15, -0.1) is 0 Å². The number of carboxylic acid groups (broad SMARTS) is 1. The smallest absolute Gasteiger partial charge is 0.337 e. The van der Waals surface area contributed by atoms with E-state index in [-0.39, 0.29) is 5.56 Å². The summed E-state index contributed by atoms with van der Waals surface area (Å²) in [5.41, 5.74) is 1.18. The highest BCUT2D eigenvalue weighted by Gasteiger charge is 2.14. The zero-order valence-electron chi connectivity index (χ0n) is 8.52. The highest BCUT2D eigenvalue weighted by atomic mass is 35.5. The van der Waals surface area contributed by atoms with Crippen molar-refractivity contribution in [1.82, 2.24) is 4.98 Å². The third-order valence-corrected chi connectivity index (χ3v) is 2.83. The van der Waals surface area contributed by atoms with Gasteiger partial charge in [0.25, 0.3) is 0 Å². The zero-order valence-corrected chi connectivity index (χ0v) is 10.0. The zero-order chi connectivity index (χ0) is 12.4. The lowest BCUT2D eigenvalue weighted by atomic mass is 10.0. The van der Waals surface area contributed by atoms with Crippen molar-refractivity contribution in [2.45, 2.75) is 0 Å². The third kappa shape index (κ3) is 2.40. The first-order valence-corrected chi connectivity index (χ1v) is 5.48. The summed E-state index contributed by atoms with van der Waals surface area (Å²) in [7, 11) is 0. The molecule has 1 aromatic carbocycles. The number of hydrogen-bond donors (Lipinski definition) is 1. The topological polar surface area (TPSA) is 50.2 Å². The first-order valence-electron chi connectivity index (χ1n) is 4.72. The molecule has 0 aliphatic heterocycles. The molecular formula is C12H7Cl2NO2. The van der Waals surface area contributed by atoms with Crippen LogP contribution in [0.1, 0.15) is 10.4 Å². The third-order valence-electron chi connectivity index (χ3n) is 2.27. The average molecular weight is 268 g/mol. The molecule has 1 heterocycles. The summed E-state index contributed by atoms with van der Waals surface area (Å²) in [6.45, 7) is 0. The molecule has 0 saturated heterocycles. The summed E-state index contributed by atoms with van der Waals surface area (Å²) >= 11 is 11.9. The molecule has 86 valence electrons. The fraction of sp³-hybridized carbons (Fsp3) is 0. The lowest BCUT2D eigenvalue weighted by molar-refractivity contribution is 0.0697. The van der Waals surface area contributed by atoms with Crippen LogP contribution in [0.25, 0.3) is 11.1 Å². The molecule has 0 saturated carbocycles. The van der Waals surface area contributed by atoms with Crippen molar-refractivity contribution in [3.05, 3.63) is 52.3 Å². The van der Waals surface area contributed by atoms with Gasteiger partial charge in [0, 0.05) is 33.6 Å². The first-order chi connectivity index (χ1) is 8.09. The molecule has 0 amide bonds. The summed E-state index contributed by atoms with van der Waals surface area (Å²) in [4.78, 5) is 14.9. The molecule has 0 aliphatic carbocycles. The van der Waals surface area contributed by atoms with Crippen LogP contribution in [0.5, 0.6) is 0 Å². The van der Waals surface area contributed by atoms with E-state index in [4.69, 9.17) is 28.3 Å². The van der Waals surface area contributed by atoms with Crippen LogP contribution in [-0.2, 0) is 0 Å². The Morgan fingerprint density at radius 1 is 1.18 bits per heavy atom. The summed E-state index contributed by atoms with van der Waals surface area (Å²) in [6, 6.07) is 6.51. The van der Waals surface area contributed by atoms with Gasteiger partial charge in [-0.1, -0.05) is 23.2 Å². The van der Waals surface area contributed by atoms with Gasteiger partial charge in [0.05, 0.1) is 5.56 Å². The van der Waals surface area contributed by atoms with Crippen molar-refractivity contribution >= 4 is 29.2 Å². The molecule has 0 spiro atoms. The van der Waals surface area contributed by atoms with Crippen LogP contribution in [0.3, 0.4) is 0 Å². The van der Waals surface area contributed by atoms with Crippen molar-refractivity contribution in [3.8, 4) is 11.1 Å². The normalized spacial score (nSPS) is 10.2. The second-order valence-electron chi connectivity index (χ2n) is 3.35. The van der Waals surface area contributed by atoms with Crippen LogP contribution < -0.4 is 0 Å². The van der Waals surface area contributed by atoms with Crippen molar-refractivity contribution in [1.29, 1.82) is 0 Å². The number of aromatic carboxylic acids is 1. The number of aromatic nitrogens is 1. The number of nitrogens with zero attached hydrogens (tertiary/aromatic N) is 1. The van der Waals surface area contributed by atoms with Crippen LogP contribution in [-0.4, -0.2) is 16.1 Å². The number of hydrogen-bond acceptors (Lipinski definition) is 2. The van der Waals surface area contributed by atoms with Crippen LogP contribution in [0.2, 0.25) is 10.0 Å². The molecule has 0 atom stereocenters. The Morgan fingerprint density at radius 2 is 1.94 bits per heavy atom. The maximum Gasteiger partial charge on any atom is 0.337 e. The van der Waals surface area contributed by atoms with Crippen molar-refractivity contribution in [2.24, 2.45) is 0 Å². The summed E-state index contributed by atoms with van der Waals surface area (Å²) in [5, 5.41) is 10.0. The van der Waals surface area contributed by atoms with Crippen molar-refractivity contribution in [3.63, 3.8) is 0 Å². The van der Waals surface area contributed by atoms with Gasteiger partial charge in [0.1, 0.15) is 0 Å². The van der Waals surface area contributed by atoms with Crippen molar-refractivity contribution in [2.75, 3.05) is 0 Å². The van der Waals surface area contributed by atoms with Crippen LogP contribution in [0, 0.1) is 0 Å². The minimum Gasteiger partial charge on any atom is -0.478 e. The predicted molar refractivity (Wildman–Crippen MR) is 66.7 cm³/mol. The highest BCUT2D eigenvalue weighted by molar-refractivity contribution is 6.35. The molecule has 0 radical (unpaired) electrons. The number of benzene rings is 1. The minimum atomic E-state index is -1.05. The highest BCUT2D eigenvalue weighted by Crippen LogP contribution is 2.32. The molecule has 0 fully saturated rings. The Morgan fingerprint density at radius 3 is 2.65 bits per heavy atom. The Bertz CT molecular complexity index is 584. The van der Waals surface area contributed by atoms with E-state index in [2.05, 4.69) is 4.98 Å². The summed E-state index contributed by atoms with van der Waals surface area (Å²) in [6.07, 6.45) is 2.80. The molecule has 17 heavy (non-hydrogen) atoms. The molecule has 1 N–H and O–H groups in total. The quantitative estimate of drug-likeness (QED) is 0.902. The maximum atomic E-state index is 11.1. The first kappa shape index (κ1) is 11.9. The number of carboxylic acids is 1. The summed E-state index contributed by atoms with van der Waals surface area (Å²) < 4.78 is 0. The fourth-order valence-corrected chi connectivity index (χ4v) is 1.90. The van der Waals surface area contributed by atoms with Gasteiger partial charge in [-0.3, -0.25) is 4.98 Å². The number of carbonyl (C=O) groups is 1. The molecule has 0 aliphatic rings. The standard InChI is InChI=1S/C12H7Cl2NO2/c13-7-1-2-11(14)9(5-7)8-3-4-15-6-10(8)12(16)17/h1-6H,(H,16,17). The molecule has 0 bridgehead atoms. The van der Waals surface area contributed by atoms with Gasteiger partial charge >= 0.3 is 5.97 Å². The summed E-state index contributed by atoms with van der Waals surface area (Å²) in [5.74, 6) is -1.05. The van der Waals surface area contributed by atoms with E-state index in [0.29, 0.717) is 21.2 Å². The SMILES string of the molecule is O=C(O)c1cnccc1-c1cc(Cl)ccc1Cl. The van der Waals surface area contributed by atoms with Crippen molar-refractivity contribution < 1.29 is 9.90 Å². The Hall–Kier alpha value is -1.58. The maximum absolute atomic E-state index is 11.1. The lowest BCUT2D eigenvalue weighted by Crippen LogP contribution is -2.00. The minimum absolute atomic E-state index is 0.0941. The second-order valence-corrected chi connectivity index (χ2v) is 4.19. The van der Waals surface area contributed by atoms with Gasteiger partial charge in [0.2, 0.25) is 0 Å². The van der Waals surface area contributed by atoms with Gasteiger partial charge in [-0.2, -0.15) is 0 Å². The fourth-order valence-electron chi connectivity index (χ4n) is 1.50. The van der Waals surface area contributed by atoms with Crippen LogP contribution in [0.15, 0.2) is 36.7 Å². The van der Waals surface area contributed by atoms with E-state index in [1.54, 1.807) is 24.3 Å². The van der Waals surface area contributed by atoms with Crippen LogP contribution >= 0.6 is 23.2 Å².